The van der Waals surface area contributed by atoms with Crippen molar-refractivity contribution >= 4 is 17.5 Å². The molecule has 1 fully saturated rings. The van der Waals surface area contributed by atoms with E-state index in [1.54, 1.807) is 33.5 Å². The minimum atomic E-state index is -0.566. The third-order valence-corrected chi connectivity index (χ3v) is 8.67. The number of anilines is 1. The van der Waals surface area contributed by atoms with Crippen molar-refractivity contribution in [2.75, 3.05) is 26.6 Å². The maximum atomic E-state index is 13.8. The number of methoxy groups -OCH3 is 3. The van der Waals surface area contributed by atoms with Crippen LogP contribution in [0.5, 0.6) is 17.2 Å². The Hall–Kier alpha value is -3.75. The SMILES string of the molecule is CCC(C)C(Nc1ccc2c(cc1=O)C(NC(C)=O)CCc1cc(OC)c(OC)c(OC)c1-2)C(=O)NC1CCCCC1. The van der Waals surface area contributed by atoms with Gasteiger partial charge in [0, 0.05) is 18.5 Å². The molecule has 228 valence electrons. The molecule has 1 saturated carbocycles. The van der Waals surface area contributed by atoms with Crippen LogP contribution in [0.4, 0.5) is 5.69 Å². The van der Waals surface area contributed by atoms with Gasteiger partial charge in [0.15, 0.2) is 11.5 Å². The average molecular weight is 580 g/mol. The highest BCUT2D eigenvalue weighted by Gasteiger charge is 2.31. The van der Waals surface area contributed by atoms with Crippen LogP contribution in [0.15, 0.2) is 29.1 Å². The summed E-state index contributed by atoms with van der Waals surface area (Å²) in [6.45, 7) is 5.54. The van der Waals surface area contributed by atoms with Gasteiger partial charge in [-0.15, -0.1) is 0 Å². The van der Waals surface area contributed by atoms with Crippen molar-refractivity contribution in [3.63, 3.8) is 0 Å². The summed E-state index contributed by atoms with van der Waals surface area (Å²) in [5.41, 5.74) is 3.24. The maximum Gasteiger partial charge on any atom is 0.242 e. The molecule has 2 aromatic rings. The first-order valence-electron chi connectivity index (χ1n) is 15.1. The lowest BCUT2D eigenvalue weighted by Gasteiger charge is -2.28. The minimum absolute atomic E-state index is 0.000927. The summed E-state index contributed by atoms with van der Waals surface area (Å²) >= 11 is 0. The monoisotopic (exact) mass is 579 g/mol. The molecule has 9 nitrogen and oxygen atoms in total. The average Bonchev–Trinajstić information content (AvgIpc) is 3.23. The summed E-state index contributed by atoms with van der Waals surface area (Å²) in [7, 11) is 4.71. The third-order valence-electron chi connectivity index (χ3n) is 8.67. The van der Waals surface area contributed by atoms with Crippen LogP contribution in [0.3, 0.4) is 0 Å². The quantitative estimate of drug-likeness (QED) is 0.357. The van der Waals surface area contributed by atoms with Gasteiger partial charge in [0.1, 0.15) is 6.04 Å². The first-order chi connectivity index (χ1) is 20.2. The van der Waals surface area contributed by atoms with E-state index in [4.69, 9.17) is 14.2 Å². The van der Waals surface area contributed by atoms with Crippen LogP contribution in [0.25, 0.3) is 11.1 Å². The molecule has 2 aliphatic carbocycles. The fourth-order valence-electron chi connectivity index (χ4n) is 6.23. The minimum Gasteiger partial charge on any atom is -0.493 e. The Balaban J connectivity index is 1.84. The Morgan fingerprint density at radius 2 is 1.67 bits per heavy atom. The van der Waals surface area contributed by atoms with Gasteiger partial charge >= 0.3 is 0 Å². The maximum absolute atomic E-state index is 13.8. The number of aryl methyl sites for hydroxylation is 1. The smallest absolute Gasteiger partial charge is 0.242 e. The topological polar surface area (TPSA) is 115 Å². The van der Waals surface area contributed by atoms with E-state index < -0.39 is 12.1 Å². The van der Waals surface area contributed by atoms with Crippen molar-refractivity contribution in [3.8, 4) is 28.4 Å². The lowest BCUT2D eigenvalue weighted by molar-refractivity contribution is -0.123. The molecule has 0 aliphatic heterocycles. The van der Waals surface area contributed by atoms with Gasteiger partial charge in [0.05, 0.1) is 33.1 Å². The molecule has 3 atom stereocenters. The normalized spacial score (nSPS) is 17.9. The molecule has 0 saturated heterocycles. The van der Waals surface area contributed by atoms with Crippen LogP contribution < -0.4 is 35.6 Å². The van der Waals surface area contributed by atoms with E-state index in [1.165, 1.54) is 13.3 Å². The van der Waals surface area contributed by atoms with Gasteiger partial charge in [0.2, 0.25) is 23.0 Å². The fourth-order valence-corrected chi connectivity index (χ4v) is 6.23. The van der Waals surface area contributed by atoms with Crippen molar-refractivity contribution in [2.45, 2.75) is 90.3 Å². The van der Waals surface area contributed by atoms with Crippen molar-refractivity contribution in [1.29, 1.82) is 0 Å². The third kappa shape index (κ3) is 6.66. The molecule has 2 amide bonds. The van der Waals surface area contributed by atoms with Crippen LogP contribution in [-0.2, 0) is 16.0 Å². The highest BCUT2D eigenvalue weighted by Crippen LogP contribution is 2.50. The van der Waals surface area contributed by atoms with E-state index in [-0.39, 0.29) is 29.2 Å². The second kappa shape index (κ2) is 13.9. The van der Waals surface area contributed by atoms with E-state index in [0.29, 0.717) is 41.3 Å². The summed E-state index contributed by atoms with van der Waals surface area (Å²) in [5, 5.41) is 9.57. The Morgan fingerprint density at radius 1 is 0.952 bits per heavy atom. The predicted octanol–water partition coefficient (Wildman–Crippen LogP) is 5.14. The Bertz CT molecular complexity index is 1350. The standard InChI is InChI=1S/C33H45N3O6/c1-7-19(2)30(33(39)35-22-11-9-8-10-12-22)36-26-16-14-23-24(18-27(26)38)25(34-20(3)37)15-13-21-17-28(40-4)31(41-5)32(42-6)29(21)23/h14,16-19,22,25,30H,7-13,15H2,1-6H3,(H,34,37)(H,35,39)(H,36,38). The molecule has 0 spiro atoms. The van der Waals surface area contributed by atoms with Crippen LogP contribution in [-0.4, -0.2) is 45.2 Å². The van der Waals surface area contributed by atoms with Crippen LogP contribution in [0.2, 0.25) is 0 Å². The molecule has 0 radical (unpaired) electrons. The van der Waals surface area contributed by atoms with E-state index in [1.807, 2.05) is 26.0 Å². The van der Waals surface area contributed by atoms with E-state index in [2.05, 4.69) is 16.0 Å². The summed E-state index contributed by atoms with van der Waals surface area (Å²) in [4.78, 5) is 39.5. The van der Waals surface area contributed by atoms with Crippen molar-refractivity contribution in [2.24, 2.45) is 5.92 Å². The molecule has 9 heteroatoms. The van der Waals surface area contributed by atoms with Crippen LogP contribution in [0.1, 0.15) is 82.9 Å². The lowest BCUT2D eigenvalue weighted by Crippen LogP contribution is -2.48. The second-order valence-corrected chi connectivity index (χ2v) is 11.4. The van der Waals surface area contributed by atoms with Gasteiger partial charge in [-0.05, 0) is 66.5 Å². The molecule has 3 unspecified atom stereocenters. The number of hydrogen-bond acceptors (Lipinski definition) is 7. The van der Waals surface area contributed by atoms with Gasteiger partial charge in [-0.3, -0.25) is 14.4 Å². The first-order valence-corrected chi connectivity index (χ1v) is 15.1. The van der Waals surface area contributed by atoms with E-state index in [0.717, 1.165) is 48.8 Å². The van der Waals surface area contributed by atoms with Crippen LogP contribution in [0, 0.1) is 5.92 Å². The van der Waals surface area contributed by atoms with Gasteiger partial charge in [0.25, 0.3) is 0 Å². The molecular weight excluding hydrogens is 534 g/mol. The molecule has 0 bridgehead atoms. The number of benzene rings is 1. The summed E-state index contributed by atoms with van der Waals surface area (Å²) < 4.78 is 17.2. The number of nitrogens with one attached hydrogen (secondary N) is 3. The zero-order chi connectivity index (χ0) is 30.4. The van der Waals surface area contributed by atoms with Crippen molar-refractivity contribution in [3.05, 3.63) is 45.6 Å². The van der Waals surface area contributed by atoms with Crippen molar-refractivity contribution in [1.82, 2.24) is 10.6 Å². The van der Waals surface area contributed by atoms with Crippen molar-refractivity contribution < 1.29 is 23.8 Å². The largest absolute Gasteiger partial charge is 0.493 e. The number of fused-ring (bicyclic) bond motifs is 3. The molecule has 2 aliphatic rings. The van der Waals surface area contributed by atoms with Gasteiger partial charge in [-0.1, -0.05) is 45.6 Å². The zero-order valence-electron chi connectivity index (χ0n) is 25.7. The Kier molecular flexibility index (Phi) is 10.4. The number of ether oxygens (including phenoxy) is 3. The fraction of sp³-hybridized carbons (Fsp3) is 0.545. The van der Waals surface area contributed by atoms with Gasteiger partial charge < -0.3 is 30.2 Å². The van der Waals surface area contributed by atoms with E-state index >= 15 is 0 Å². The molecule has 4 rings (SSSR count). The number of hydrogen-bond donors (Lipinski definition) is 3. The van der Waals surface area contributed by atoms with E-state index in [9.17, 15) is 14.4 Å². The second-order valence-electron chi connectivity index (χ2n) is 11.4. The highest BCUT2D eigenvalue weighted by molar-refractivity contribution is 5.86. The number of rotatable bonds is 10. The summed E-state index contributed by atoms with van der Waals surface area (Å²) in [5.74, 6) is 1.22. The lowest BCUT2D eigenvalue weighted by atomic mass is 9.93. The molecule has 3 N–H and O–H groups in total. The van der Waals surface area contributed by atoms with Gasteiger partial charge in [-0.2, -0.15) is 0 Å². The summed E-state index contributed by atoms with van der Waals surface area (Å²) in [6, 6.07) is 6.32. The molecular formula is C33H45N3O6. The number of amides is 2. The number of carbonyl (C=O) groups excluding carboxylic acids is 2. The summed E-state index contributed by atoms with van der Waals surface area (Å²) in [6.07, 6.45) is 7.38. The van der Waals surface area contributed by atoms with Crippen LogP contribution >= 0.6 is 0 Å². The predicted molar refractivity (Wildman–Crippen MR) is 165 cm³/mol. The Morgan fingerprint density at radius 3 is 2.29 bits per heavy atom. The highest BCUT2D eigenvalue weighted by atomic mass is 16.5. The molecule has 0 heterocycles. The molecule has 0 aromatic heterocycles. The zero-order valence-corrected chi connectivity index (χ0v) is 25.7. The first kappa shape index (κ1) is 31.2. The molecule has 2 aromatic carbocycles. The Labute approximate surface area is 248 Å². The molecule has 42 heavy (non-hydrogen) atoms. The van der Waals surface area contributed by atoms with Gasteiger partial charge in [-0.25, -0.2) is 0 Å². The number of carbonyl (C=O) groups is 2.